The zero-order valence-corrected chi connectivity index (χ0v) is 26.8. The number of carbonyl (C=O) groups is 1. The van der Waals surface area contributed by atoms with E-state index in [1.165, 1.54) is 12.1 Å². The van der Waals surface area contributed by atoms with Crippen molar-refractivity contribution in [2.75, 3.05) is 32.1 Å². The third-order valence-electron chi connectivity index (χ3n) is 8.13. The van der Waals surface area contributed by atoms with Crippen LogP contribution in [0, 0.1) is 5.82 Å². The average molecular weight is 617 g/mol. The minimum atomic E-state index is -0.501. The molecular weight excluding hydrogens is 579 g/mol. The summed E-state index contributed by atoms with van der Waals surface area (Å²) in [4.78, 5) is 42.3. The van der Waals surface area contributed by atoms with Crippen LogP contribution in [0.3, 0.4) is 0 Å². The Kier molecular flexibility index (Phi) is 8.90. The molecule has 230 valence electrons. The maximum Gasteiger partial charge on any atom is 0.355 e. The second kappa shape index (κ2) is 12.5. The van der Waals surface area contributed by atoms with Gasteiger partial charge in [-0.05, 0) is 69.3 Å². The van der Waals surface area contributed by atoms with Gasteiger partial charge in [-0.1, -0.05) is 62.4 Å². The molecule has 2 aromatic carbocycles. The van der Waals surface area contributed by atoms with Crippen molar-refractivity contribution in [3.8, 4) is 16.9 Å². The highest BCUT2D eigenvalue weighted by molar-refractivity contribution is 6.33. The number of aromatic nitrogens is 3. The van der Waals surface area contributed by atoms with E-state index < -0.39 is 11.5 Å². The molecule has 0 spiro atoms. The lowest BCUT2D eigenvalue weighted by molar-refractivity contribution is -0.128. The molecule has 5 rings (SSSR count). The molecule has 10 heteroatoms. The number of amides is 1. The van der Waals surface area contributed by atoms with Gasteiger partial charge in [0, 0.05) is 37.3 Å². The molecule has 0 N–H and O–H groups in total. The van der Waals surface area contributed by atoms with E-state index in [2.05, 4.69) is 25.4 Å². The number of fused-ring (bicyclic) bond motifs is 1. The van der Waals surface area contributed by atoms with Gasteiger partial charge < -0.3 is 14.7 Å². The van der Waals surface area contributed by atoms with E-state index in [-0.39, 0.29) is 40.2 Å². The first-order valence-electron chi connectivity index (χ1n) is 14.8. The van der Waals surface area contributed by atoms with Crippen LogP contribution >= 0.6 is 11.6 Å². The normalized spacial score (nSPS) is 17.1. The smallest absolute Gasteiger partial charge is 0.349 e. The van der Waals surface area contributed by atoms with Crippen molar-refractivity contribution in [1.82, 2.24) is 24.3 Å². The molecule has 0 bridgehead atoms. The summed E-state index contributed by atoms with van der Waals surface area (Å²) >= 11 is 6.86. The third-order valence-corrected chi connectivity index (χ3v) is 8.42. The zero-order chi connectivity index (χ0) is 31.9. The van der Waals surface area contributed by atoms with Crippen molar-refractivity contribution >= 4 is 34.4 Å². The van der Waals surface area contributed by atoms with Crippen LogP contribution in [0.2, 0.25) is 5.02 Å². The molecule has 4 aromatic rings. The van der Waals surface area contributed by atoms with Crippen LogP contribution in [0.5, 0.6) is 0 Å². The number of pyridine rings is 1. The molecular formula is C34H38ClFN6O2. The highest BCUT2D eigenvalue weighted by atomic mass is 35.5. The molecule has 0 saturated carbocycles. The number of hydrogen-bond acceptors (Lipinski definition) is 6. The molecule has 3 heterocycles. The molecule has 1 saturated heterocycles. The summed E-state index contributed by atoms with van der Waals surface area (Å²) in [6, 6.07) is 13.7. The summed E-state index contributed by atoms with van der Waals surface area (Å²) in [5.74, 6) is -0.0960. The van der Waals surface area contributed by atoms with Crippen LogP contribution in [-0.4, -0.2) is 69.5 Å². The second-order valence-electron chi connectivity index (χ2n) is 12.0. The second-order valence-corrected chi connectivity index (χ2v) is 12.4. The number of nitrogens with zero attached hydrogens (tertiary/aromatic N) is 6. The summed E-state index contributed by atoms with van der Waals surface area (Å²) in [6.45, 7) is 13.2. The van der Waals surface area contributed by atoms with Crippen LogP contribution in [0.1, 0.15) is 44.7 Å². The van der Waals surface area contributed by atoms with Crippen LogP contribution in [0.15, 0.2) is 66.0 Å². The molecule has 1 aliphatic rings. The van der Waals surface area contributed by atoms with Crippen LogP contribution < -0.4 is 10.6 Å². The fourth-order valence-electron chi connectivity index (χ4n) is 6.03. The predicted octanol–water partition coefficient (Wildman–Crippen LogP) is 6.04. The largest absolute Gasteiger partial charge is 0.355 e. The van der Waals surface area contributed by atoms with Gasteiger partial charge in [0.05, 0.1) is 21.8 Å². The quantitative estimate of drug-likeness (QED) is 0.236. The van der Waals surface area contributed by atoms with E-state index >= 15 is 4.39 Å². The molecule has 0 unspecified atom stereocenters. The van der Waals surface area contributed by atoms with E-state index in [1.54, 1.807) is 33.7 Å². The van der Waals surface area contributed by atoms with Gasteiger partial charge in [-0.2, -0.15) is 4.98 Å². The Labute approximate surface area is 262 Å². The van der Waals surface area contributed by atoms with Crippen molar-refractivity contribution in [1.29, 1.82) is 0 Å². The molecule has 0 aliphatic carbocycles. The number of hydrogen-bond donors (Lipinski definition) is 0. The highest BCUT2D eigenvalue weighted by Crippen LogP contribution is 2.37. The zero-order valence-electron chi connectivity index (χ0n) is 26.0. The molecule has 1 aliphatic heterocycles. The van der Waals surface area contributed by atoms with E-state index in [9.17, 15) is 9.59 Å². The van der Waals surface area contributed by atoms with Crippen molar-refractivity contribution < 1.29 is 9.18 Å². The van der Waals surface area contributed by atoms with Gasteiger partial charge in [0.1, 0.15) is 11.6 Å². The van der Waals surface area contributed by atoms with Gasteiger partial charge >= 0.3 is 5.69 Å². The average Bonchev–Trinajstić information content (AvgIpc) is 2.97. The molecule has 1 amide bonds. The van der Waals surface area contributed by atoms with Gasteiger partial charge in [0.15, 0.2) is 5.65 Å². The lowest BCUT2D eigenvalue weighted by Crippen LogP contribution is -2.58. The Morgan fingerprint density at radius 1 is 1.11 bits per heavy atom. The lowest BCUT2D eigenvalue weighted by Gasteiger charge is -2.44. The summed E-state index contributed by atoms with van der Waals surface area (Å²) in [5, 5.41) is 0.800. The predicted molar refractivity (Wildman–Crippen MR) is 175 cm³/mol. The number of carbonyl (C=O) groups excluding carboxylic acids is 1. The standard InChI is InChI=1S/C34H38ClFN6O2/c1-8-29(43)40-17-22(5)41(18-21(40)4)32-26-16-27(35)30(25-13-9-10-15-28(25)36)37-33(26)42(34(44)38-32)31-23(19-39(6)7)12-11-14-24(31)20(2)3/h8-16,20-22H,1,17-19H2,2-7H3/t21-,22+/m1/s1. The summed E-state index contributed by atoms with van der Waals surface area (Å²) in [7, 11) is 3.95. The number of para-hydroxylation sites is 1. The Bertz CT molecular complexity index is 1800. The van der Waals surface area contributed by atoms with Crippen molar-refractivity contribution in [3.63, 3.8) is 0 Å². The Morgan fingerprint density at radius 2 is 1.84 bits per heavy atom. The van der Waals surface area contributed by atoms with E-state index in [4.69, 9.17) is 16.6 Å². The minimum Gasteiger partial charge on any atom is -0.349 e. The Morgan fingerprint density at radius 3 is 2.50 bits per heavy atom. The topological polar surface area (TPSA) is 74.6 Å². The first-order valence-corrected chi connectivity index (χ1v) is 15.1. The van der Waals surface area contributed by atoms with Crippen molar-refractivity contribution in [2.45, 2.75) is 52.2 Å². The van der Waals surface area contributed by atoms with Crippen molar-refractivity contribution in [3.05, 3.63) is 93.6 Å². The molecule has 2 atom stereocenters. The molecule has 8 nitrogen and oxygen atoms in total. The van der Waals surface area contributed by atoms with E-state index in [0.717, 1.165) is 11.1 Å². The lowest BCUT2D eigenvalue weighted by atomic mass is 9.97. The summed E-state index contributed by atoms with van der Waals surface area (Å²) < 4.78 is 16.7. The number of rotatable bonds is 7. The van der Waals surface area contributed by atoms with E-state index in [0.29, 0.717) is 42.2 Å². The van der Waals surface area contributed by atoms with E-state index in [1.807, 2.05) is 55.9 Å². The van der Waals surface area contributed by atoms with Crippen LogP contribution in [-0.2, 0) is 11.3 Å². The van der Waals surface area contributed by atoms with Gasteiger partial charge in [-0.15, -0.1) is 0 Å². The molecule has 44 heavy (non-hydrogen) atoms. The molecule has 2 aromatic heterocycles. The minimum absolute atomic E-state index is 0.0865. The molecule has 0 radical (unpaired) electrons. The number of benzene rings is 2. The number of piperazine rings is 1. The first kappa shape index (κ1) is 31.3. The summed E-state index contributed by atoms with van der Waals surface area (Å²) in [5.41, 5.74) is 2.91. The Balaban J connectivity index is 1.85. The SMILES string of the molecule is C=CC(=O)N1C[C@H](C)N(c2nc(=O)n(-c3c(CN(C)C)cccc3C(C)C)c3nc(-c4ccccc4F)c(Cl)cc23)C[C@H]1C. The van der Waals surface area contributed by atoms with Gasteiger partial charge in [0.25, 0.3) is 0 Å². The maximum atomic E-state index is 15.1. The van der Waals surface area contributed by atoms with Crippen LogP contribution in [0.25, 0.3) is 28.0 Å². The Hall–Kier alpha value is -4.08. The third kappa shape index (κ3) is 5.74. The van der Waals surface area contributed by atoms with Crippen molar-refractivity contribution in [2.24, 2.45) is 0 Å². The fraction of sp³-hybridized carbons (Fsp3) is 0.353. The fourth-order valence-corrected chi connectivity index (χ4v) is 6.29. The summed E-state index contributed by atoms with van der Waals surface area (Å²) in [6.07, 6.45) is 1.32. The van der Waals surface area contributed by atoms with Crippen LogP contribution in [0.4, 0.5) is 10.2 Å². The monoisotopic (exact) mass is 616 g/mol. The first-order chi connectivity index (χ1) is 20.9. The maximum absolute atomic E-state index is 15.1. The molecule has 1 fully saturated rings. The van der Waals surface area contributed by atoms with Gasteiger partial charge in [0.2, 0.25) is 5.91 Å². The van der Waals surface area contributed by atoms with Gasteiger partial charge in [-0.3, -0.25) is 4.79 Å². The number of halogens is 2. The van der Waals surface area contributed by atoms with Gasteiger partial charge in [-0.25, -0.2) is 18.7 Å². The highest BCUT2D eigenvalue weighted by Gasteiger charge is 2.34. The number of anilines is 1.